The Bertz CT molecular complexity index is 681. The topological polar surface area (TPSA) is 112 Å². The summed E-state index contributed by atoms with van der Waals surface area (Å²) in [5, 5.41) is 17.2. The van der Waals surface area contributed by atoms with Crippen LogP contribution in [0.4, 0.5) is 5.82 Å². The number of amides is 1. The van der Waals surface area contributed by atoms with Crippen LogP contribution in [0.1, 0.15) is 16.3 Å². The van der Waals surface area contributed by atoms with Crippen LogP contribution < -0.4 is 5.32 Å². The van der Waals surface area contributed by atoms with Crippen LogP contribution in [0.15, 0.2) is 27.2 Å². The molecule has 0 spiro atoms. The Hall–Kier alpha value is -2.20. The van der Waals surface area contributed by atoms with Crippen LogP contribution in [-0.4, -0.2) is 40.9 Å². The van der Waals surface area contributed by atoms with E-state index < -0.39 is 4.92 Å². The number of carbonyl (C=O) groups is 1. The number of ether oxygens (including phenoxy) is 1. The Labute approximate surface area is 133 Å². The first-order chi connectivity index (χ1) is 10.5. The minimum atomic E-state index is -0.586. The minimum Gasteiger partial charge on any atom is -0.454 e. The van der Waals surface area contributed by atoms with Crippen LogP contribution in [0.25, 0.3) is 0 Å². The van der Waals surface area contributed by atoms with E-state index in [1.165, 1.54) is 16.9 Å². The molecular formula is C12H13BrN4O5. The number of halogens is 1. The van der Waals surface area contributed by atoms with Gasteiger partial charge < -0.3 is 24.6 Å². The maximum Gasteiger partial charge on any atom is 0.404 e. The van der Waals surface area contributed by atoms with E-state index in [-0.39, 0.29) is 28.5 Å². The highest BCUT2D eigenvalue weighted by Crippen LogP contribution is 2.22. The van der Waals surface area contributed by atoms with Gasteiger partial charge in [0.2, 0.25) is 0 Å². The molecule has 0 unspecified atom stereocenters. The maximum absolute atomic E-state index is 11.8. The Balaban J connectivity index is 2.01. The lowest BCUT2D eigenvalue weighted by Crippen LogP contribution is -2.26. The number of rotatable bonds is 7. The number of hydrogen-bond donors (Lipinski definition) is 1. The first-order valence-corrected chi connectivity index (χ1v) is 7.03. The SMILES string of the molecule is COCCNC(=O)c1ccc(Cn2cc(Br)c([N+](=O)[O-])n2)o1. The highest BCUT2D eigenvalue weighted by Gasteiger charge is 2.19. The maximum atomic E-state index is 11.8. The molecule has 10 heteroatoms. The molecule has 2 rings (SSSR count). The number of nitro groups is 1. The molecule has 0 atom stereocenters. The lowest BCUT2D eigenvalue weighted by atomic mass is 10.4. The van der Waals surface area contributed by atoms with Gasteiger partial charge in [-0.15, -0.1) is 0 Å². The summed E-state index contributed by atoms with van der Waals surface area (Å²) < 4.78 is 11.9. The second-order valence-electron chi connectivity index (χ2n) is 4.27. The highest BCUT2D eigenvalue weighted by atomic mass is 79.9. The molecule has 9 nitrogen and oxygen atoms in total. The van der Waals surface area contributed by atoms with Gasteiger partial charge in [0.05, 0.1) is 17.9 Å². The van der Waals surface area contributed by atoms with Gasteiger partial charge in [0.1, 0.15) is 16.8 Å². The average molecular weight is 373 g/mol. The van der Waals surface area contributed by atoms with Gasteiger partial charge in [-0.2, -0.15) is 4.68 Å². The largest absolute Gasteiger partial charge is 0.454 e. The second-order valence-corrected chi connectivity index (χ2v) is 5.12. The Morgan fingerprint density at radius 2 is 2.36 bits per heavy atom. The zero-order valence-corrected chi connectivity index (χ0v) is 13.2. The molecule has 0 radical (unpaired) electrons. The first-order valence-electron chi connectivity index (χ1n) is 6.24. The fourth-order valence-electron chi connectivity index (χ4n) is 1.69. The summed E-state index contributed by atoms with van der Waals surface area (Å²) in [7, 11) is 1.54. The monoisotopic (exact) mass is 372 g/mol. The summed E-state index contributed by atoms with van der Waals surface area (Å²) in [6.07, 6.45) is 1.47. The van der Waals surface area contributed by atoms with E-state index in [0.29, 0.717) is 18.9 Å². The molecule has 1 amide bonds. The van der Waals surface area contributed by atoms with Crippen LogP contribution >= 0.6 is 15.9 Å². The number of nitrogens with zero attached hydrogens (tertiary/aromatic N) is 3. The van der Waals surface area contributed by atoms with Crippen molar-refractivity contribution in [2.24, 2.45) is 0 Å². The minimum absolute atomic E-state index is 0.159. The molecule has 0 aliphatic carbocycles. The molecule has 2 aromatic rings. The van der Waals surface area contributed by atoms with E-state index in [9.17, 15) is 14.9 Å². The number of methoxy groups -OCH3 is 1. The normalized spacial score (nSPS) is 10.6. The van der Waals surface area contributed by atoms with Crippen molar-refractivity contribution in [2.45, 2.75) is 6.54 Å². The number of furan rings is 1. The van der Waals surface area contributed by atoms with Crippen LogP contribution in [-0.2, 0) is 11.3 Å². The third-order valence-corrected chi connectivity index (χ3v) is 3.23. The summed E-state index contributed by atoms with van der Waals surface area (Å²) in [5.74, 6) is -0.00590. The van der Waals surface area contributed by atoms with Crippen LogP contribution in [0.3, 0.4) is 0 Å². The molecule has 0 aliphatic rings. The third kappa shape index (κ3) is 3.92. The summed E-state index contributed by atoms with van der Waals surface area (Å²) >= 11 is 3.06. The first kappa shape index (κ1) is 16.2. The number of hydrogen-bond acceptors (Lipinski definition) is 6. The van der Waals surface area contributed by atoms with Gasteiger partial charge in [-0.3, -0.25) is 4.79 Å². The molecule has 0 saturated carbocycles. The molecular weight excluding hydrogens is 360 g/mol. The van der Waals surface area contributed by atoms with Gasteiger partial charge in [0, 0.05) is 13.7 Å². The predicted molar refractivity (Wildman–Crippen MR) is 78.6 cm³/mol. The van der Waals surface area contributed by atoms with Crippen molar-refractivity contribution in [2.75, 3.05) is 20.3 Å². The van der Waals surface area contributed by atoms with Crippen molar-refractivity contribution >= 4 is 27.7 Å². The molecule has 0 aromatic carbocycles. The van der Waals surface area contributed by atoms with E-state index in [1.54, 1.807) is 13.2 Å². The van der Waals surface area contributed by atoms with Crippen molar-refractivity contribution in [1.82, 2.24) is 15.1 Å². The molecule has 0 saturated heterocycles. The number of nitrogens with one attached hydrogen (secondary N) is 1. The fourth-order valence-corrected chi connectivity index (χ4v) is 2.15. The predicted octanol–water partition coefficient (Wildman–Crippen LogP) is 1.57. The van der Waals surface area contributed by atoms with E-state index >= 15 is 0 Å². The van der Waals surface area contributed by atoms with Crippen LogP contribution in [0, 0.1) is 10.1 Å². The highest BCUT2D eigenvalue weighted by molar-refractivity contribution is 9.10. The standard InChI is InChI=1S/C12H13BrN4O5/c1-21-5-4-14-12(18)10-3-2-8(22-10)6-16-7-9(13)11(15-16)17(19)20/h2-3,7H,4-6H2,1H3,(H,14,18). The van der Waals surface area contributed by atoms with Gasteiger partial charge in [0.25, 0.3) is 5.91 Å². The van der Waals surface area contributed by atoms with E-state index in [4.69, 9.17) is 9.15 Å². The Morgan fingerprint density at radius 1 is 1.59 bits per heavy atom. The summed E-state index contributed by atoms with van der Waals surface area (Å²) in [6, 6.07) is 3.15. The fraction of sp³-hybridized carbons (Fsp3) is 0.333. The average Bonchev–Trinajstić information content (AvgIpc) is 3.06. The molecule has 0 aliphatic heterocycles. The van der Waals surface area contributed by atoms with Crippen molar-refractivity contribution in [1.29, 1.82) is 0 Å². The Morgan fingerprint density at radius 3 is 3.00 bits per heavy atom. The van der Waals surface area contributed by atoms with Gasteiger partial charge in [-0.1, -0.05) is 0 Å². The molecule has 0 bridgehead atoms. The van der Waals surface area contributed by atoms with E-state index in [2.05, 4.69) is 26.3 Å². The van der Waals surface area contributed by atoms with Crippen LogP contribution in [0.5, 0.6) is 0 Å². The van der Waals surface area contributed by atoms with E-state index in [0.717, 1.165) is 0 Å². The van der Waals surface area contributed by atoms with Crippen molar-refractivity contribution in [3.63, 3.8) is 0 Å². The number of aromatic nitrogens is 2. The lowest BCUT2D eigenvalue weighted by molar-refractivity contribution is -0.390. The van der Waals surface area contributed by atoms with Gasteiger partial charge in [0.15, 0.2) is 5.76 Å². The summed E-state index contributed by atoms with van der Waals surface area (Å²) in [5.41, 5.74) is 0. The summed E-state index contributed by atoms with van der Waals surface area (Å²) in [4.78, 5) is 21.9. The number of carbonyl (C=O) groups excluding carboxylic acids is 1. The van der Waals surface area contributed by atoms with Gasteiger partial charge in [-0.05, 0) is 33.0 Å². The van der Waals surface area contributed by atoms with Crippen molar-refractivity contribution < 1.29 is 18.9 Å². The molecule has 2 aromatic heterocycles. The van der Waals surface area contributed by atoms with Gasteiger partial charge in [-0.25, -0.2) is 0 Å². The van der Waals surface area contributed by atoms with Gasteiger partial charge >= 0.3 is 5.82 Å². The molecule has 1 N–H and O–H groups in total. The molecule has 22 heavy (non-hydrogen) atoms. The van der Waals surface area contributed by atoms with Crippen molar-refractivity contribution in [3.8, 4) is 0 Å². The third-order valence-electron chi connectivity index (χ3n) is 2.67. The quantitative estimate of drug-likeness (QED) is 0.448. The second kappa shape index (κ2) is 7.18. The zero-order valence-electron chi connectivity index (χ0n) is 11.6. The lowest BCUT2D eigenvalue weighted by Gasteiger charge is -2.01. The molecule has 2 heterocycles. The van der Waals surface area contributed by atoms with Crippen LogP contribution in [0.2, 0.25) is 0 Å². The van der Waals surface area contributed by atoms with E-state index in [1.807, 2.05) is 0 Å². The molecule has 118 valence electrons. The smallest absolute Gasteiger partial charge is 0.404 e. The van der Waals surface area contributed by atoms with Crippen molar-refractivity contribution in [3.05, 3.63) is 44.4 Å². The Kier molecular flexibility index (Phi) is 5.28. The zero-order chi connectivity index (χ0) is 16.1. The molecule has 0 fully saturated rings. The summed E-state index contributed by atoms with van der Waals surface area (Å²) in [6.45, 7) is 0.964.